The fourth-order valence-electron chi connectivity index (χ4n) is 23.8. The van der Waals surface area contributed by atoms with Crippen molar-refractivity contribution in [3.05, 3.63) is 432 Å². The Morgan fingerprint density at radius 1 is 0.152 bits per heavy atom. The van der Waals surface area contributed by atoms with Crippen molar-refractivity contribution in [3.63, 3.8) is 0 Å². The van der Waals surface area contributed by atoms with Gasteiger partial charge in [-0.3, -0.25) is 4.98 Å². The zero-order valence-electron chi connectivity index (χ0n) is 81.4. The first-order valence-electron chi connectivity index (χ1n) is 49.6. The summed E-state index contributed by atoms with van der Waals surface area (Å²) in [5.41, 5.74) is 40.3. The molecule has 0 spiro atoms. The molecule has 0 unspecified atom stereocenters. The van der Waals surface area contributed by atoms with Gasteiger partial charge in [-0.25, -0.2) is 44.9 Å². The van der Waals surface area contributed by atoms with Gasteiger partial charge in [0, 0.05) is 121 Å². The number of furan rings is 4. The second-order valence-electron chi connectivity index (χ2n) is 41.7. The Hall–Kier alpha value is -17.9. The van der Waals surface area contributed by atoms with E-state index in [0.29, 0.717) is 58.1 Å². The van der Waals surface area contributed by atoms with Crippen LogP contribution in [-0.2, 0) is 27.1 Å². The lowest BCUT2D eigenvalue weighted by atomic mass is 9.82. The Balaban J connectivity index is 0.000000106. The molecule has 30 rings (SSSR count). The van der Waals surface area contributed by atoms with Crippen molar-refractivity contribution in [3.8, 4) is 158 Å². The van der Waals surface area contributed by atoms with Gasteiger partial charge in [0.1, 0.15) is 50.4 Å². The molecule has 0 saturated heterocycles. The van der Waals surface area contributed by atoms with Gasteiger partial charge in [0.2, 0.25) is 0 Å². The molecular formula is C131H92N10O4. The van der Waals surface area contributed by atoms with Gasteiger partial charge in [-0.05, 0) is 233 Å². The van der Waals surface area contributed by atoms with Gasteiger partial charge >= 0.3 is 0 Å². The molecular weight excluding hydrogens is 1780 g/mol. The summed E-state index contributed by atoms with van der Waals surface area (Å²) >= 11 is 0. The number of fused-ring (bicyclic) bond motifs is 27. The highest BCUT2D eigenvalue weighted by Crippen LogP contribution is 2.57. The van der Waals surface area contributed by atoms with E-state index in [1.807, 2.05) is 109 Å². The molecule has 8 aromatic heterocycles. The summed E-state index contributed by atoms with van der Waals surface area (Å²) in [7, 11) is 0. The number of aromatic nitrogens is 10. The molecule has 5 aliphatic rings. The Labute approximate surface area is 836 Å². The molecule has 5 aliphatic carbocycles. The van der Waals surface area contributed by atoms with Crippen LogP contribution in [0.3, 0.4) is 0 Å². The monoisotopic (exact) mass is 1870 g/mol. The minimum atomic E-state index is -0.133. The third-order valence-corrected chi connectivity index (χ3v) is 31.5. The number of nitrogens with zero attached hydrogens (tertiary/aromatic N) is 10. The lowest BCUT2D eigenvalue weighted by Crippen LogP contribution is -2.15. The minimum Gasteiger partial charge on any atom is -0.456 e. The summed E-state index contributed by atoms with van der Waals surface area (Å²) in [5, 5.41) is 8.70. The van der Waals surface area contributed by atoms with E-state index in [1.165, 1.54) is 111 Å². The van der Waals surface area contributed by atoms with Gasteiger partial charge < -0.3 is 17.7 Å². The lowest BCUT2D eigenvalue weighted by Gasteiger charge is -2.21. The van der Waals surface area contributed by atoms with E-state index in [2.05, 4.69) is 335 Å². The summed E-state index contributed by atoms with van der Waals surface area (Å²) in [6, 6.07) is 129. The van der Waals surface area contributed by atoms with Crippen LogP contribution in [0.1, 0.15) is 125 Å². The number of hydrogen-bond donors (Lipinski definition) is 0. The van der Waals surface area contributed by atoms with E-state index in [0.717, 1.165) is 132 Å². The van der Waals surface area contributed by atoms with E-state index in [-0.39, 0.29) is 27.1 Å². The maximum absolute atomic E-state index is 6.59. The summed E-state index contributed by atoms with van der Waals surface area (Å²) < 4.78 is 25.8. The lowest BCUT2D eigenvalue weighted by molar-refractivity contribution is 0.657. The maximum Gasteiger partial charge on any atom is 0.182 e. The van der Waals surface area contributed by atoms with Gasteiger partial charge in [0.05, 0.1) is 0 Å². The van der Waals surface area contributed by atoms with E-state index in [1.54, 1.807) is 6.20 Å². The van der Waals surface area contributed by atoms with Gasteiger partial charge in [-0.1, -0.05) is 318 Å². The van der Waals surface area contributed by atoms with E-state index in [4.69, 9.17) is 62.5 Å². The Kier molecular flexibility index (Phi) is 18.5. The molecule has 0 saturated carbocycles. The fraction of sp³-hybridized carbons (Fsp3) is 0.115. The number of para-hydroxylation sites is 1. The highest BCUT2D eigenvalue weighted by atomic mass is 16.3. The van der Waals surface area contributed by atoms with E-state index >= 15 is 0 Å². The maximum atomic E-state index is 6.59. The predicted molar refractivity (Wildman–Crippen MR) is 583 cm³/mol. The van der Waals surface area contributed by atoms with Crippen molar-refractivity contribution in [2.45, 2.75) is 96.3 Å². The van der Waals surface area contributed by atoms with Crippen LogP contribution in [-0.4, -0.2) is 49.8 Å². The first kappa shape index (κ1) is 85.1. The van der Waals surface area contributed by atoms with Crippen molar-refractivity contribution >= 4 is 87.8 Å². The Bertz CT molecular complexity index is 9450. The normalized spacial score (nSPS) is 14.4. The molecule has 0 fully saturated rings. The third kappa shape index (κ3) is 13.3. The average Bonchev–Trinajstić information content (AvgIpc) is 1.56. The van der Waals surface area contributed by atoms with E-state index in [9.17, 15) is 0 Å². The number of rotatable bonds is 9. The summed E-state index contributed by atoms with van der Waals surface area (Å²) in [5.74, 6) is 5.44. The smallest absolute Gasteiger partial charge is 0.182 e. The molecule has 14 nitrogen and oxygen atoms in total. The summed E-state index contributed by atoms with van der Waals surface area (Å²) in [4.78, 5) is 49.8. The molecule has 145 heavy (non-hydrogen) atoms. The predicted octanol–water partition coefficient (Wildman–Crippen LogP) is 33.1. The molecule has 14 heteroatoms. The van der Waals surface area contributed by atoms with Crippen LogP contribution in [0, 0.1) is 0 Å². The van der Waals surface area contributed by atoms with Crippen molar-refractivity contribution in [1.29, 1.82) is 0 Å². The Morgan fingerprint density at radius 2 is 0.400 bits per heavy atom. The highest BCUT2D eigenvalue weighted by Gasteiger charge is 2.42. The van der Waals surface area contributed by atoms with Crippen LogP contribution in [0.5, 0.6) is 0 Å². The molecule has 8 heterocycles. The zero-order chi connectivity index (χ0) is 97.4. The zero-order valence-corrected chi connectivity index (χ0v) is 81.4. The van der Waals surface area contributed by atoms with Gasteiger partial charge in [0.25, 0.3) is 0 Å². The number of pyridine rings is 1. The summed E-state index contributed by atoms with van der Waals surface area (Å²) in [6.07, 6.45) is 1.77. The van der Waals surface area contributed by atoms with Crippen LogP contribution in [0.2, 0.25) is 0 Å². The molecule has 0 aliphatic heterocycles. The summed E-state index contributed by atoms with van der Waals surface area (Å²) in [6.45, 7) is 23.0. The molecule has 0 atom stereocenters. The molecule has 25 aromatic rings. The average molecular weight is 1870 g/mol. The molecule has 0 bridgehead atoms. The fourth-order valence-corrected chi connectivity index (χ4v) is 23.8. The van der Waals surface area contributed by atoms with Crippen molar-refractivity contribution in [1.82, 2.24) is 49.8 Å². The van der Waals surface area contributed by atoms with Crippen LogP contribution in [0.25, 0.3) is 246 Å². The first-order valence-corrected chi connectivity index (χ1v) is 49.6. The number of hydrogen-bond acceptors (Lipinski definition) is 14. The van der Waals surface area contributed by atoms with Gasteiger partial charge in [-0.15, -0.1) is 0 Å². The topological polar surface area (TPSA) is 181 Å². The quantitative estimate of drug-likeness (QED) is 0.133. The van der Waals surface area contributed by atoms with Gasteiger partial charge in [-0.2, -0.15) is 0 Å². The third-order valence-electron chi connectivity index (χ3n) is 31.5. The highest BCUT2D eigenvalue weighted by molar-refractivity contribution is 6.12. The molecule has 0 amide bonds. The van der Waals surface area contributed by atoms with Crippen LogP contribution >= 0.6 is 0 Å². The molecule has 17 aromatic carbocycles. The number of benzene rings is 17. The van der Waals surface area contributed by atoms with Crippen LogP contribution < -0.4 is 0 Å². The van der Waals surface area contributed by atoms with Crippen molar-refractivity contribution in [2.75, 3.05) is 0 Å². The second-order valence-corrected chi connectivity index (χ2v) is 41.7. The Morgan fingerprint density at radius 3 is 0.766 bits per heavy atom. The largest absolute Gasteiger partial charge is 0.456 e. The van der Waals surface area contributed by atoms with E-state index < -0.39 is 0 Å². The van der Waals surface area contributed by atoms with Crippen LogP contribution in [0.15, 0.2) is 394 Å². The van der Waals surface area contributed by atoms with Crippen LogP contribution in [0.4, 0.5) is 0 Å². The minimum absolute atomic E-state index is 0.0751. The van der Waals surface area contributed by atoms with Crippen molar-refractivity contribution in [2.24, 2.45) is 0 Å². The first-order chi connectivity index (χ1) is 70.5. The second kappa shape index (κ2) is 31.6. The van der Waals surface area contributed by atoms with Gasteiger partial charge in [0.15, 0.2) is 52.4 Å². The molecule has 0 radical (unpaired) electrons. The van der Waals surface area contributed by atoms with Crippen molar-refractivity contribution < 1.29 is 17.7 Å². The molecule has 690 valence electrons. The SMILES string of the molecule is CC1(C)c2ccccc2-c2cc3oc4cc(-c5nc(-c6ccccc6)nc(-c6ccc7oc8ccccc8c7c6)n5)ccc4c3cc21.CC1(C)c2ccccc2-c2ccc(-c3nc(-c4ccc5c(c4)oc4cc6c(cc45)C(C)(C)c4ccccc4-6)nc(-c4ccccn4)n3)cc21.CC1(C)c2ccccc2-c2ccc(-c3nc(-c4ccccc4)nc(-c4ccc5c(c4)oc4cc6c(cc45)C(C)(C)c4ccccc4-6)n3)cc21. The molecule has 0 N–H and O–H groups in total. The standard InChI is InChI=1S/C45H33N3O.C44H32N4O.C42H27N3O2/c1-44(2)35-16-10-8-14-29(35)31-20-18-27(22-37(31)44)42-46-41(26-12-6-5-7-13-26)47-43(48-42)28-19-21-32-34-24-38-33(25-40(34)49-39(32)23-28)30-15-9-11-17-36(30)45(38,3)4;1-43(2)33-13-7-5-11-27(33)29-18-16-25(21-35(29)43)40-46-41(48-42(47-40)37-15-9-10-20-45-37)26-17-19-30-32-23-36-31(24-39(32)49-38(30)22-26)28-12-6-8-14-34(28)44(36,3)4;1-42(2)33-14-8-6-12-27(33)30-23-38-32(22-34(30)42)29-18-16-26(21-37(29)47-38)41-44-39(24-10-4-3-5-11-24)43-40(45-41)25-17-19-36-31(20-25)28-13-7-9-15-35(28)46-36/h5-25H,1-4H3;5-24H,1-4H3;3-23H,1-2H3.